The highest BCUT2D eigenvalue weighted by atomic mass is 16.5. The Balaban J connectivity index is 1.30. The van der Waals surface area contributed by atoms with Gasteiger partial charge in [-0.15, -0.1) is 0 Å². The van der Waals surface area contributed by atoms with Crippen LogP contribution in [-0.4, -0.2) is 50.5 Å². The molecule has 0 unspecified atom stereocenters. The van der Waals surface area contributed by atoms with Crippen molar-refractivity contribution in [3.05, 3.63) is 95.9 Å². The molecule has 3 N–H and O–H groups in total. The zero-order chi connectivity index (χ0) is 20.6. The molecule has 30 heavy (non-hydrogen) atoms. The van der Waals surface area contributed by atoms with Gasteiger partial charge in [0.2, 0.25) is 0 Å². The Kier molecular flexibility index (Phi) is 7.32. The van der Waals surface area contributed by atoms with Crippen molar-refractivity contribution in [1.82, 2.24) is 0 Å². The first kappa shape index (κ1) is 20.8. The Morgan fingerprint density at radius 3 is 2.03 bits per heavy atom. The first-order valence-corrected chi connectivity index (χ1v) is 10.9. The van der Waals surface area contributed by atoms with E-state index in [9.17, 15) is 5.11 Å². The Hall–Kier alpha value is -2.44. The minimum atomic E-state index is -0.449. The van der Waals surface area contributed by atoms with Gasteiger partial charge in [-0.1, -0.05) is 60.7 Å². The van der Waals surface area contributed by atoms with Crippen LogP contribution in [0.4, 0.5) is 0 Å². The third kappa shape index (κ3) is 5.58. The fourth-order valence-electron chi connectivity index (χ4n) is 4.45. The summed E-state index contributed by atoms with van der Waals surface area (Å²) < 4.78 is 10.9. The van der Waals surface area contributed by atoms with Gasteiger partial charge in [0, 0.05) is 11.1 Å². The van der Waals surface area contributed by atoms with Crippen molar-refractivity contribution >= 4 is 0 Å². The predicted molar refractivity (Wildman–Crippen MR) is 115 cm³/mol. The van der Waals surface area contributed by atoms with E-state index in [-0.39, 0.29) is 0 Å². The highest BCUT2D eigenvalue weighted by Crippen LogP contribution is 2.18. The molecule has 5 heteroatoms. The molecular formula is C25H32N2O3+2. The van der Waals surface area contributed by atoms with E-state index >= 15 is 0 Å². The molecule has 3 aromatic rings. The number of piperazine rings is 1. The van der Waals surface area contributed by atoms with E-state index in [1.54, 1.807) is 11.2 Å². The third-order valence-corrected chi connectivity index (χ3v) is 5.93. The zero-order valence-electron chi connectivity index (χ0n) is 17.4. The largest absolute Gasteiger partial charge is 0.467 e. The second-order valence-corrected chi connectivity index (χ2v) is 8.12. The van der Waals surface area contributed by atoms with Crippen LogP contribution in [0.3, 0.4) is 0 Å². The normalized spacial score (nSPS) is 20.3. The van der Waals surface area contributed by atoms with Crippen molar-refractivity contribution in [3.8, 4) is 0 Å². The van der Waals surface area contributed by atoms with Crippen LogP contribution in [0.5, 0.6) is 0 Å². The van der Waals surface area contributed by atoms with Gasteiger partial charge in [-0.2, -0.15) is 0 Å². The summed E-state index contributed by atoms with van der Waals surface area (Å²) in [5.41, 5.74) is 2.74. The highest BCUT2D eigenvalue weighted by Gasteiger charge is 2.32. The number of aliphatic hydroxyl groups excluding tert-OH is 1. The number of hydrogen-bond acceptors (Lipinski definition) is 3. The summed E-state index contributed by atoms with van der Waals surface area (Å²) in [6.07, 6.45) is 1.19. The Labute approximate surface area is 178 Å². The fraction of sp³-hybridized carbons (Fsp3) is 0.360. The van der Waals surface area contributed by atoms with E-state index in [2.05, 4.69) is 60.7 Å². The van der Waals surface area contributed by atoms with Crippen molar-refractivity contribution in [2.75, 3.05) is 39.3 Å². The quantitative estimate of drug-likeness (QED) is 0.489. The summed E-state index contributed by atoms with van der Waals surface area (Å²) in [4.78, 5) is 3.05. The van der Waals surface area contributed by atoms with E-state index in [1.165, 1.54) is 16.0 Å². The second-order valence-electron chi connectivity index (χ2n) is 8.12. The van der Waals surface area contributed by atoms with Crippen LogP contribution < -0.4 is 9.80 Å². The molecule has 1 fully saturated rings. The van der Waals surface area contributed by atoms with Gasteiger partial charge < -0.3 is 24.1 Å². The van der Waals surface area contributed by atoms with Crippen LogP contribution in [0.1, 0.15) is 22.9 Å². The molecule has 0 radical (unpaired) electrons. The molecule has 1 aromatic heterocycles. The molecule has 5 nitrogen and oxygen atoms in total. The van der Waals surface area contributed by atoms with E-state index < -0.39 is 6.10 Å². The van der Waals surface area contributed by atoms with Gasteiger partial charge >= 0.3 is 0 Å². The lowest BCUT2D eigenvalue weighted by atomic mass is 9.96. The van der Waals surface area contributed by atoms with Gasteiger partial charge in [-0.05, 0) is 12.1 Å². The summed E-state index contributed by atoms with van der Waals surface area (Å²) in [7, 11) is 0. The molecule has 0 spiro atoms. The van der Waals surface area contributed by atoms with Crippen LogP contribution >= 0.6 is 0 Å². The zero-order valence-corrected chi connectivity index (χ0v) is 17.4. The molecule has 0 saturated carbocycles. The number of hydrogen-bond donors (Lipinski definition) is 3. The minimum absolute atomic E-state index is 0.345. The molecule has 0 aliphatic carbocycles. The average Bonchev–Trinajstić information content (AvgIpc) is 3.30. The standard InChI is InChI=1S/C25H30N2O3/c28-23(19-29-20-24-12-7-17-30-24)18-26-13-15-27(16-14-26)25(21-8-3-1-4-9-21)22-10-5-2-6-11-22/h1-12,17,23,25,28H,13-16,18-20H2/p+2/t23-/m1/s1. The maximum Gasteiger partial charge on any atom is 0.139 e. The third-order valence-electron chi connectivity index (χ3n) is 5.93. The van der Waals surface area contributed by atoms with E-state index in [1.807, 2.05) is 12.1 Å². The lowest BCUT2D eigenvalue weighted by molar-refractivity contribution is -1.02. The molecule has 0 bridgehead atoms. The molecule has 0 amide bonds. The average molecular weight is 409 g/mol. The van der Waals surface area contributed by atoms with Crippen LogP contribution in [-0.2, 0) is 11.3 Å². The number of quaternary nitrogens is 2. The van der Waals surface area contributed by atoms with E-state index in [0.717, 1.165) is 38.5 Å². The van der Waals surface area contributed by atoms with Gasteiger partial charge in [0.05, 0.1) is 12.9 Å². The summed E-state index contributed by atoms with van der Waals surface area (Å²) in [6, 6.07) is 25.7. The Bertz CT molecular complexity index is 807. The summed E-state index contributed by atoms with van der Waals surface area (Å²) in [6.45, 7) is 5.77. The van der Waals surface area contributed by atoms with E-state index in [0.29, 0.717) is 19.3 Å². The number of nitrogens with one attached hydrogen (secondary N) is 2. The van der Waals surface area contributed by atoms with Crippen LogP contribution in [0.25, 0.3) is 0 Å². The first-order valence-electron chi connectivity index (χ1n) is 10.9. The van der Waals surface area contributed by atoms with Crippen molar-refractivity contribution < 1.29 is 24.1 Å². The molecule has 1 aliphatic heterocycles. The van der Waals surface area contributed by atoms with Crippen molar-refractivity contribution in [1.29, 1.82) is 0 Å². The maximum absolute atomic E-state index is 10.4. The Morgan fingerprint density at radius 2 is 1.47 bits per heavy atom. The number of ether oxygens (including phenoxy) is 1. The van der Waals surface area contributed by atoms with Gasteiger partial charge in [-0.3, -0.25) is 0 Å². The number of rotatable bonds is 9. The van der Waals surface area contributed by atoms with Crippen LogP contribution in [0, 0.1) is 0 Å². The minimum Gasteiger partial charge on any atom is -0.467 e. The smallest absolute Gasteiger partial charge is 0.139 e. The molecule has 1 aliphatic rings. The summed E-state index contributed by atoms with van der Waals surface area (Å²) in [5, 5.41) is 10.4. The first-order chi connectivity index (χ1) is 14.8. The maximum atomic E-state index is 10.4. The molecule has 2 aromatic carbocycles. The van der Waals surface area contributed by atoms with Crippen molar-refractivity contribution in [3.63, 3.8) is 0 Å². The fourth-order valence-corrected chi connectivity index (χ4v) is 4.45. The van der Waals surface area contributed by atoms with Gasteiger partial charge in [-0.25, -0.2) is 0 Å². The summed E-state index contributed by atoms with van der Waals surface area (Å²) >= 11 is 0. The monoisotopic (exact) mass is 408 g/mol. The molecule has 1 saturated heterocycles. The van der Waals surface area contributed by atoms with Gasteiger partial charge in [0.1, 0.15) is 57.2 Å². The number of aliphatic hydroxyl groups is 1. The van der Waals surface area contributed by atoms with E-state index in [4.69, 9.17) is 9.15 Å². The number of furan rings is 1. The number of benzene rings is 2. The second kappa shape index (κ2) is 10.5. The molecular weight excluding hydrogens is 376 g/mol. The van der Waals surface area contributed by atoms with Gasteiger partial charge in [0.25, 0.3) is 0 Å². The Morgan fingerprint density at radius 1 is 0.833 bits per heavy atom. The molecule has 158 valence electrons. The lowest BCUT2D eigenvalue weighted by Crippen LogP contribution is -3.28. The molecule has 1 atom stereocenters. The van der Waals surface area contributed by atoms with Crippen molar-refractivity contribution in [2.45, 2.75) is 18.8 Å². The van der Waals surface area contributed by atoms with Crippen molar-refractivity contribution in [2.24, 2.45) is 0 Å². The summed E-state index contributed by atoms with van der Waals surface area (Å²) in [5.74, 6) is 0.791. The topological polar surface area (TPSA) is 51.5 Å². The molecule has 2 heterocycles. The van der Waals surface area contributed by atoms with Gasteiger partial charge in [0.15, 0.2) is 0 Å². The lowest BCUT2D eigenvalue weighted by Gasteiger charge is -2.35. The van der Waals surface area contributed by atoms with Crippen LogP contribution in [0.2, 0.25) is 0 Å². The highest BCUT2D eigenvalue weighted by molar-refractivity contribution is 5.29. The van der Waals surface area contributed by atoms with Crippen LogP contribution in [0.15, 0.2) is 83.5 Å². The predicted octanol–water partition coefficient (Wildman–Crippen LogP) is 0.730. The molecule has 4 rings (SSSR count). The SMILES string of the molecule is O[C@@H](COCc1ccco1)C[NH+]1CC[NH+](C(c2ccccc2)c2ccccc2)CC1.